The molecule has 0 bridgehead atoms. The summed E-state index contributed by atoms with van der Waals surface area (Å²) < 4.78 is 2.24. The Morgan fingerprint density at radius 2 is 1.45 bits per heavy atom. The largest absolute Gasteiger partial charge is 0.330 e. The Morgan fingerprint density at radius 1 is 0.818 bits per heavy atom. The molecule has 3 nitrogen and oxygen atoms in total. The number of hydrogen-bond donors (Lipinski definition) is 1. The van der Waals surface area contributed by atoms with Crippen LogP contribution >= 0.6 is 0 Å². The van der Waals surface area contributed by atoms with E-state index in [1.807, 2.05) is 18.5 Å². The van der Waals surface area contributed by atoms with Gasteiger partial charge in [-0.05, 0) is 19.4 Å². The van der Waals surface area contributed by atoms with Crippen LogP contribution in [0.5, 0.6) is 0 Å². The fourth-order valence-corrected chi connectivity index (χ4v) is 2.68. The molecule has 0 amide bonds. The van der Waals surface area contributed by atoms with Gasteiger partial charge in [0.05, 0.1) is 17.7 Å². The summed E-state index contributed by atoms with van der Waals surface area (Å²) in [6.45, 7) is 1.68. The molecule has 2 N–H and O–H groups in total. The van der Waals surface area contributed by atoms with E-state index in [0.29, 0.717) is 0 Å². The Hall–Kier alpha value is -2.39. The molecule has 0 fully saturated rings. The Bertz CT molecular complexity index is 702. The molecule has 0 saturated heterocycles. The molecule has 0 aliphatic heterocycles. The molecule has 0 aliphatic carbocycles. The number of nitrogens with two attached hydrogens (primary N) is 1. The van der Waals surface area contributed by atoms with Gasteiger partial charge in [0.15, 0.2) is 0 Å². The van der Waals surface area contributed by atoms with Crippen LogP contribution in [0, 0.1) is 0 Å². The lowest BCUT2D eigenvalue weighted by Crippen LogP contribution is -2.03. The summed E-state index contributed by atoms with van der Waals surface area (Å²) in [5.41, 5.74) is 10.2. The van der Waals surface area contributed by atoms with Crippen LogP contribution in [0.1, 0.15) is 12.8 Å². The van der Waals surface area contributed by atoms with E-state index in [1.165, 1.54) is 11.3 Å². The molecule has 0 unspecified atom stereocenters. The summed E-state index contributed by atoms with van der Waals surface area (Å²) in [4.78, 5) is 4.67. The first-order valence-electron chi connectivity index (χ1n) is 7.76. The van der Waals surface area contributed by atoms with Crippen LogP contribution in [-0.4, -0.2) is 16.1 Å². The lowest BCUT2D eigenvalue weighted by atomic mass is 10.0. The molecule has 0 radical (unpaired) electrons. The molecule has 0 spiro atoms. The lowest BCUT2D eigenvalue weighted by molar-refractivity contribution is 0.618. The summed E-state index contributed by atoms with van der Waals surface area (Å²) >= 11 is 0. The SMILES string of the molecule is NCCCCn1cnc(-c2ccccc2)c1-c1ccccc1. The number of aryl methyl sites for hydroxylation is 1. The Kier molecular flexibility index (Phi) is 4.66. The third-order valence-corrected chi connectivity index (χ3v) is 3.79. The van der Waals surface area contributed by atoms with E-state index in [4.69, 9.17) is 5.73 Å². The number of aromatic nitrogens is 2. The predicted molar refractivity (Wildman–Crippen MR) is 91.4 cm³/mol. The fraction of sp³-hybridized carbons (Fsp3) is 0.211. The van der Waals surface area contributed by atoms with Gasteiger partial charge in [0.25, 0.3) is 0 Å². The van der Waals surface area contributed by atoms with Crippen molar-refractivity contribution in [3.05, 3.63) is 67.0 Å². The average Bonchev–Trinajstić information content (AvgIpc) is 3.01. The zero-order valence-electron chi connectivity index (χ0n) is 12.7. The average molecular weight is 291 g/mol. The van der Waals surface area contributed by atoms with Crippen LogP contribution in [0.4, 0.5) is 0 Å². The lowest BCUT2D eigenvalue weighted by Gasteiger charge is -2.10. The van der Waals surface area contributed by atoms with Crippen molar-refractivity contribution in [2.45, 2.75) is 19.4 Å². The molecule has 3 aromatic rings. The van der Waals surface area contributed by atoms with Gasteiger partial charge in [-0.1, -0.05) is 60.7 Å². The summed E-state index contributed by atoms with van der Waals surface area (Å²) in [6, 6.07) is 20.8. The highest BCUT2D eigenvalue weighted by atomic mass is 15.1. The minimum atomic E-state index is 0.737. The monoisotopic (exact) mass is 291 g/mol. The van der Waals surface area contributed by atoms with Gasteiger partial charge in [-0.2, -0.15) is 0 Å². The number of unbranched alkanes of at least 4 members (excludes halogenated alkanes) is 1. The molecule has 1 aromatic heterocycles. The van der Waals surface area contributed by atoms with Crippen LogP contribution in [-0.2, 0) is 6.54 Å². The van der Waals surface area contributed by atoms with Crippen molar-refractivity contribution in [2.75, 3.05) is 6.54 Å². The summed E-state index contributed by atoms with van der Waals surface area (Å²) in [6.07, 6.45) is 4.05. The third-order valence-electron chi connectivity index (χ3n) is 3.79. The van der Waals surface area contributed by atoms with Crippen molar-refractivity contribution in [2.24, 2.45) is 5.73 Å². The minimum Gasteiger partial charge on any atom is -0.330 e. The first-order chi connectivity index (χ1) is 10.9. The first kappa shape index (κ1) is 14.5. The fourth-order valence-electron chi connectivity index (χ4n) is 2.68. The molecule has 3 rings (SSSR count). The van der Waals surface area contributed by atoms with Gasteiger partial charge in [0.2, 0.25) is 0 Å². The molecular formula is C19H21N3. The standard InChI is InChI=1S/C19H21N3/c20-13-7-8-14-22-15-21-18(16-9-3-1-4-10-16)19(22)17-11-5-2-6-12-17/h1-6,9-12,15H,7-8,13-14,20H2. The van der Waals surface area contributed by atoms with Gasteiger partial charge in [-0.25, -0.2) is 4.98 Å². The molecule has 0 saturated carbocycles. The Morgan fingerprint density at radius 3 is 2.09 bits per heavy atom. The Balaban J connectivity index is 2.04. The van der Waals surface area contributed by atoms with Crippen molar-refractivity contribution in [1.29, 1.82) is 0 Å². The van der Waals surface area contributed by atoms with E-state index in [1.54, 1.807) is 0 Å². The van der Waals surface area contributed by atoms with Crippen LogP contribution in [0.3, 0.4) is 0 Å². The topological polar surface area (TPSA) is 43.8 Å². The normalized spacial score (nSPS) is 10.8. The van der Waals surface area contributed by atoms with Gasteiger partial charge in [-0.3, -0.25) is 0 Å². The van der Waals surface area contributed by atoms with Crippen molar-refractivity contribution in [1.82, 2.24) is 9.55 Å². The highest BCUT2D eigenvalue weighted by Gasteiger charge is 2.14. The number of rotatable bonds is 6. The second-order valence-electron chi connectivity index (χ2n) is 5.36. The first-order valence-corrected chi connectivity index (χ1v) is 7.76. The molecular weight excluding hydrogens is 270 g/mol. The van der Waals surface area contributed by atoms with E-state index in [2.05, 4.69) is 58.1 Å². The highest BCUT2D eigenvalue weighted by molar-refractivity contribution is 5.78. The Labute approximate surface area is 131 Å². The summed E-state index contributed by atoms with van der Waals surface area (Å²) in [7, 11) is 0. The van der Waals surface area contributed by atoms with E-state index >= 15 is 0 Å². The molecule has 3 heteroatoms. The zero-order chi connectivity index (χ0) is 15.2. The van der Waals surface area contributed by atoms with Crippen molar-refractivity contribution >= 4 is 0 Å². The summed E-state index contributed by atoms with van der Waals surface area (Å²) in [5, 5.41) is 0. The second-order valence-corrected chi connectivity index (χ2v) is 5.36. The molecule has 0 aliphatic rings. The zero-order valence-corrected chi connectivity index (χ0v) is 12.7. The van der Waals surface area contributed by atoms with E-state index in [-0.39, 0.29) is 0 Å². The molecule has 1 heterocycles. The van der Waals surface area contributed by atoms with Crippen molar-refractivity contribution < 1.29 is 0 Å². The maximum Gasteiger partial charge on any atom is 0.0963 e. The number of nitrogens with zero attached hydrogens (tertiary/aromatic N) is 2. The van der Waals surface area contributed by atoms with Gasteiger partial charge >= 0.3 is 0 Å². The molecule has 2 aromatic carbocycles. The van der Waals surface area contributed by atoms with Gasteiger partial charge in [0.1, 0.15) is 0 Å². The second kappa shape index (κ2) is 7.05. The van der Waals surface area contributed by atoms with Gasteiger partial charge < -0.3 is 10.3 Å². The maximum absolute atomic E-state index is 5.61. The van der Waals surface area contributed by atoms with Crippen molar-refractivity contribution in [3.63, 3.8) is 0 Å². The van der Waals surface area contributed by atoms with E-state index in [0.717, 1.165) is 37.2 Å². The smallest absolute Gasteiger partial charge is 0.0963 e. The van der Waals surface area contributed by atoms with Crippen LogP contribution in [0.25, 0.3) is 22.5 Å². The summed E-state index contributed by atoms with van der Waals surface area (Å²) in [5.74, 6) is 0. The van der Waals surface area contributed by atoms with E-state index < -0.39 is 0 Å². The molecule has 22 heavy (non-hydrogen) atoms. The molecule has 112 valence electrons. The van der Waals surface area contributed by atoms with Gasteiger partial charge in [0, 0.05) is 17.7 Å². The number of imidazole rings is 1. The van der Waals surface area contributed by atoms with Crippen molar-refractivity contribution in [3.8, 4) is 22.5 Å². The maximum atomic E-state index is 5.61. The van der Waals surface area contributed by atoms with Crippen LogP contribution < -0.4 is 5.73 Å². The van der Waals surface area contributed by atoms with Crippen LogP contribution in [0.15, 0.2) is 67.0 Å². The van der Waals surface area contributed by atoms with Gasteiger partial charge in [-0.15, -0.1) is 0 Å². The van der Waals surface area contributed by atoms with E-state index in [9.17, 15) is 0 Å². The minimum absolute atomic E-state index is 0.737. The van der Waals surface area contributed by atoms with Crippen LogP contribution in [0.2, 0.25) is 0 Å². The molecule has 0 atom stereocenters. The predicted octanol–water partition coefficient (Wildman–Crippen LogP) is 3.96. The number of hydrogen-bond acceptors (Lipinski definition) is 2. The number of benzene rings is 2. The third kappa shape index (κ3) is 3.10. The quantitative estimate of drug-likeness (QED) is 0.699. The highest BCUT2D eigenvalue weighted by Crippen LogP contribution is 2.31.